The zero-order chi connectivity index (χ0) is 98.3. The van der Waals surface area contributed by atoms with E-state index in [1.165, 1.54) is 196 Å². The maximum absolute atomic E-state index is 12.2. The van der Waals surface area contributed by atoms with Crippen molar-refractivity contribution in [3.05, 3.63) is 70.4 Å². The van der Waals surface area contributed by atoms with Crippen LogP contribution >= 0.6 is 0 Å². The largest absolute Gasteiger partial charge is 0.393 e. The van der Waals surface area contributed by atoms with Crippen LogP contribution in [0, 0.1) is 213 Å². The summed E-state index contributed by atoms with van der Waals surface area (Å²) < 4.78 is 0. The first-order chi connectivity index (χ1) is 65.2. The van der Waals surface area contributed by atoms with Crippen molar-refractivity contribution in [3.8, 4) is 0 Å². The fraction of sp³-hybridized carbons (Fsp3) is 0.850. The molecule has 0 amide bonds. The van der Waals surface area contributed by atoms with Crippen LogP contribution in [-0.4, -0.2) is 85.3 Å². The van der Waals surface area contributed by atoms with Crippen molar-refractivity contribution in [2.45, 2.75) is 464 Å². The van der Waals surface area contributed by atoms with Crippen LogP contribution in [0.2, 0.25) is 0 Å². The number of hydrogen-bond donors (Lipinski definition) is 4. The second-order valence-corrected chi connectivity index (χ2v) is 57.0. The second kappa shape index (κ2) is 38.0. The van der Waals surface area contributed by atoms with E-state index in [2.05, 4.69) is 135 Å². The van der Waals surface area contributed by atoms with Crippen molar-refractivity contribution in [1.29, 1.82) is 0 Å². The van der Waals surface area contributed by atoms with Gasteiger partial charge in [0.25, 0.3) is 0 Å². The van der Waals surface area contributed by atoms with Gasteiger partial charge >= 0.3 is 0 Å². The fourth-order valence-electron chi connectivity index (χ4n) is 42.6. The average molecular weight is 1890 g/mol. The van der Waals surface area contributed by atoms with Gasteiger partial charge in [0, 0.05) is 56.8 Å². The molecule has 0 aliphatic heterocycles. The summed E-state index contributed by atoms with van der Waals surface area (Å²) in [5.74, 6) is 20.6. The lowest BCUT2D eigenvalue weighted by Gasteiger charge is -2.60. The molecule has 0 aromatic heterocycles. The summed E-state index contributed by atoms with van der Waals surface area (Å²) in [6, 6.07) is 0. The van der Waals surface area contributed by atoms with Crippen molar-refractivity contribution in [2.75, 3.05) is 0 Å². The molecule has 40 atom stereocenters. The summed E-state index contributed by atoms with van der Waals surface area (Å²) in [5, 5.41) is 41.5. The predicted molar refractivity (Wildman–Crippen MR) is 553 cm³/mol. The Hall–Kier alpha value is -4.03. The molecule has 24 aliphatic carbocycles. The first kappa shape index (κ1) is 103. The predicted octanol–water partition coefficient (Wildman–Crippen LogP) is 28.6. The topological polar surface area (TPSA) is 200 Å². The molecule has 766 valence electrons. The normalized spacial score (nSPS) is 50.8. The van der Waals surface area contributed by atoms with Gasteiger partial charge in [-0.1, -0.05) is 163 Å². The monoisotopic (exact) mass is 1890 g/mol. The number of carbonyl (C=O) groups excluding carboxylic acids is 7. The highest BCUT2D eigenvalue weighted by Crippen LogP contribution is 2.75. The van der Waals surface area contributed by atoms with Crippen LogP contribution in [0.5, 0.6) is 0 Å². The van der Waals surface area contributed by atoms with Crippen LogP contribution in [0.25, 0.3) is 0 Å². The van der Waals surface area contributed by atoms with Crippen LogP contribution < -0.4 is 0 Å². The number of aliphatic hydroxyl groups is 4. The lowest BCUT2D eigenvalue weighted by molar-refractivity contribution is -0.143. The minimum atomic E-state index is -0.116. The third-order valence-corrected chi connectivity index (χ3v) is 51.7. The summed E-state index contributed by atoms with van der Waals surface area (Å²) >= 11 is 0. The number of hydrogen-bond acceptors (Lipinski definition) is 11. The number of ketones is 7. The van der Waals surface area contributed by atoms with Crippen LogP contribution in [0.4, 0.5) is 0 Å². The number of Topliss-reactive ketones (excluding diaryl/α,β-unsaturated/α-hetero) is 4. The molecule has 24 aliphatic rings. The summed E-state index contributed by atoms with van der Waals surface area (Å²) in [7, 11) is 0. The van der Waals surface area contributed by atoms with Crippen molar-refractivity contribution < 1.29 is 54.0 Å². The molecule has 0 heterocycles. The standard InChI is InChI=1S/C28H44O.2C21H32O2.3C19H28O2/c1-18(2)19(3)7-8-20(4)24-11-12-25-23-10-9-21-17-22(29)13-15-27(21,5)26(23)14-16-28(24,25)6;2*1-13(22)17-6-7-18-16-5-4-14-12-15(23)8-10-20(14,2)19(16)9-11-21(17,18)3;3*1-18-9-7-13(20)11-12(18)3-4-14-15-5-6-17(21)19(15,2)10-8-16(14)18/h7-10,18-20,22,24-26,29H,11-17H2,1-6H3;2*14,16-19H,4-12H2,1-3H3;3*11,14-17,21H,3-10H2,1-2H3/b8-7+;;;;;/t19-,20+,22-,24+,25-,26+,27+,28+;14-,16+,17-,18+,19-,20-,21?;14-,16+,17-,18+,19-,20-,21-;14-,15+,16-,17+,18-,19+;14-,15-,16-,17-,18-,19?;14-,15-,16-,17-,18-,19-/m001110/s1. The lowest BCUT2D eigenvalue weighted by atomic mass is 9.44. The summed E-state index contributed by atoms with van der Waals surface area (Å²) in [6.07, 6.45) is 71.0. The van der Waals surface area contributed by atoms with Gasteiger partial charge < -0.3 is 20.4 Å². The third-order valence-electron chi connectivity index (χ3n) is 51.7. The molecule has 11 nitrogen and oxygen atoms in total. The average Bonchev–Trinajstić information content (AvgIpc) is 1.49. The maximum Gasteiger partial charge on any atom is 0.155 e. The van der Waals surface area contributed by atoms with Crippen molar-refractivity contribution in [1.82, 2.24) is 0 Å². The second-order valence-electron chi connectivity index (χ2n) is 57.0. The van der Waals surface area contributed by atoms with Crippen molar-refractivity contribution in [3.63, 3.8) is 0 Å². The van der Waals surface area contributed by atoms with Crippen LogP contribution in [0.3, 0.4) is 0 Å². The molecule has 0 spiro atoms. The van der Waals surface area contributed by atoms with E-state index in [4.69, 9.17) is 0 Å². The van der Waals surface area contributed by atoms with E-state index in [-0.39, 0.29) is 67.7 Å². The molecule has 2 unspecified atom stereocenters. The quantitative estimate of drug-likeness (QED) is 0.184. The highest BCUT2D eigenvalue weighted by atomic mass is 16.3. The summed E-state index contributed by atoms with van der Waals surface area (Å²) in [6.45, 7) is 42.4. The molecule has 0 radical (unpaired) electrons. The van der Waals surface area contributed by atoms with Gasteiger partial charge in [-0.3, -0.25) is 33.6 Å². The number of fused-ring (bicyclic) bond motifs is 30. The lowest BCUT2D eigenvalue weighted by Crippen LogP contribution is -2.53. The molecule has 24 rings (SSSR count). The third kappa shape index (κ3) is 17.0. The fourth-order valence-corrected chi connectivity index (χ4v) is 42.6. The molecular formula is C127H192O11. The molecule has 4 N–H and O–H groups in total. The van der Waals surface area contributed by atoms with Crippen molar-refractivity contribution in [2.24, 2.45) is 213 Å². The molecule has 0 aromatic rings. The van der Waals surface area contributed by atoms with E-state index in [1.54, 1.807) is 5.57 Å². The Balaban J connectivity index is 0.000000106. The highest BCUT2D eigenvalue weighted by Gasteiger charge is 2.68. The summed E-state index contributed by atoms with van der Waals surface area (Å²) in [5.41, 5.74) is 11.0. The van der Waals surface area contributed by atoms with Gasteiger partial charge in [0.1, 0.15) is 23.1 Å². The zero-order valence-corrected chi connectivity index (χ0v) is 90.1. The Morgan fingerprint density at radius 2 is 0.667 bits per heavy atom. The van der Waals surface area contributed by atoms with Gasteiger partial charge in [-0.15, -0.1) is 0 Å². The molecular weight excluding hydrogens is 1700 g/mol. The number of aliphatic hydroxyl groups excluding tert-OH is 4. The van der Waals surface area contributed by atoms with Gasteiger partial charge in [-0.05, 0) is 503 Å². The van der Waals surface area contributed by atoms with Crippen LogP contribution in [0.15, 0.2) is 70.4 Å². The Morgan fingerprint density at radius 1 is 0.304 bits per heavy atom. The molecule has 11 heteroatoms. The minimum absolute atomic E-state index is 0.0823. The van der Waals surface area contributed by atoms with Crippen LogP contribution in [0.1, 0.15) is 439 Å². The van der Waals surface area contributed by atoms with E-state index >= 15 is 0 Å². The molecule has 0 saturated heterocycles. The highest BCUT2D eigenvalue weighted by molar-refractivity contribution is 5.93. The maximum atomic E-state index is 12.2. The molecule has 0 bridgehead atoms. The van der Waals surface area contributed by atoms with Gasteiger partial charge in [0.05, 0.1) is 24.4 Å². The Morgan fingerprint density at radius 3 is 1.07 bits per heavy atom. The molecule has 138 heavy (non-hydrogen) atoms. The van der Waals surface area contributed by atoms with Gasteiger partial charge in [0.2, 0.25) is 0 Å². The van der Waals surface area contributed by atoms with E-state index < -0.39 is 0 Å². The van der Waals surface area contributed by atoms with Crippen molar-refractivity contribution >= 4 is 40.5 Å². The van der Waals surface area contributed by atoms with Crippen LogP contribution in [-0.2, 0) is 33.6 Å². The zero-order valence-electron chi connectivity index (χ0n) is 90.1. The van der Waals surface area contributed by atoms with E-state index in [0.717, 1.165) is 236 Å². The smallest absolute Gasteiger partial charge is 0.155 e. The first-order valence-electron chi connectivity index (χ1n) is 58.8. The Kier molecular flexibility index (Phi) is 28.2. The summed E-state index contributed by atoms with van der Waals surface area (Å²) in [4.78, 5) is 83.5. The molecule has 20 fully saturated rings. The minimum Gasteiger partial charge on any atom is -0.393 e. The SMILES string of the molecule is CC(=O)[C@@H]1CC[C@@H]2[C@H]3CC[C@H]4CC(=O)CC[C@]4(C)[C@H]3CCC21C.CC(=O)[C@H]1CC[C@H]2[C@@H]3CC[C@@H]4CC(=O)CC[C@@]4(C)[C@@H]3CC[C@]12C.CC(C)[C@@H](C)/C=C/[C@@H](C)[C@H]1CC[C@H]2C3=CC=C4C[C@@H](O)CC[C@@]4(C)[C@@H]3CC[C@]12C.CC12CC[C@@H]3[C@H](CCC4=CC(=O)CC[C@]43C)[C@H]1CC[C@H]2O.C[C@]12CC[C@@H]3[C@H](CCC4=CC(=O)CC[C@]43C)[C@@H]1CC[C@@H]2O.C[C@]12CC[C@H]3[C@@H](CCC4=CC(=O)CC[C@@]43C)[C@@H]1CC[C@@H]2O. The van der Waals surface area contributed by atoms with E-state index in [1.807, 2.05) is 32.1 Å². The number of rotatable bonds is 6. The van der Waals surface area contributed by atoms with Gasteiger partial charge in [0.15, 0.2) is 17.3 Å². The Labute approximate surface area is 836 Å². The number of allylic oxidation sites excluding steroid dienone is 8. The molecule has 0 aromatic carbocycles. The van der Waals surface area contributed by atoms with Gasteiger partial charge in [-0.25, -0.2) is 0 Å². The van der Waals surface area contributed by atoms with Gasteiger partial charge in [-0.2, -0.15) is 0 Å². The molecule has 20 saturated carbocycles. The van der Waals surface area contributed by atoms with E-state index in [9.17, 15) is 54.0 Å². The first-order valence-corrected chi connectivity index (χ1v) is 58.8. The Bertz CT molecular complexity index is 4520. The van der Waals surface area contributed by atoms with E-state index in [0.29, 0.717) is 115 Å². The number of carbonyl (C=O) groups is 7.